The number of hydrogen-bond acceptors (Lipinski definition) is 4. The van der Waals surface area contributed by atoms with Gasteiger partial charge in [0.15, 0.2) is 0 Å². The molecule has 0 bridgehead atoms. The van der Waals surface area contributed by atoms with E-state index in [2.05, 4.69) is 15.3 Å². The maximum Gasteiger partial charge on any atom is 0.249 e. The van der Waals surface area contributed by atoms with E-state index in [1.165, 1.54) is 0 Å². The highest BCUT2D eigenvalue weighted by Gasteiger charge is 2.30. The predicted molar refractivity (Wildman–Crippen MR) is 76.5 cm³/mol. The molecule has 4 rings (SSSR count). The van der Waals surface area contributed by atoms with Crippen LogP contribution in [0.4, 0.5) is 0 Å². The Hall–Kier alpha value is -2.76. The van der Waals surface area contributed by atoms with E-state index in [1.807, 2.05) is 22.8 Å². The third-order valence-corrected chi connectivity index (χ3v) is 3.89. The first-order valence-electron chi connectivity index (χ1n) is 6.78. The summed E-state index contributed by atoms with van der Waals surface area (Å²) in [6.07, 6.45) is 5.99. The maximum absolute atomic E-state index is 12.2. The number of fused-ring (bicyclic) bond motifs is 3. The SMILES string of the molecule is O=C1CCC(n2c3cnccc3c3cccnc32)C(=O)N1. The molecule has 6 heteroatoms. The minimum atomic E-state index is -0.429. The van der Waals surface area contributed by atoms with E-state index < -0.39 is 6.04 Å². The highest BCUT2D eigenvalue weighted by Crippen LogP contribution is 2.32. The zero-order valence-corrected chi connectivity index (χ0v) is 11.1. The summed E-state index contributed by atoms with van der Waals surface area (Å²) in [5.74, 6) is -0.498. The van der Waals surface area contributed by atoms with Gasteiger partial charge in [-0.3, -0.25) is 19.9 Å². The van der Waals surface area contributed by atoms with Crippen molar-refractivity contribution in [2.24, 2.45) is 0 Å². The van der Waals surface area contributed by atoms with Gasteiger partial charge < -0.3 is 4.57 Å². The molecule has 1 aliphatic heterocycles. The Morgan fingerprint density at radius 3 is 2.95 bits per heavy atom. The summed E-state index contributed by atoms with van der Waals surface area (Å²) >= 11 is 0. The van der Waals surface area contributed by atoms with Gasteiger partial charge in [0.05, 0.1) is 11.7 Å². The van der Waals surface area contributed by atoms with Gasteiger partial charge >= 0.3 is 0 Å². The number of imide groups is 1. The molecule has 3 aromatic rings. The average molecular weight is 280 g/mol. The summed E-state index contributed by atoms with van der Waals surface area (Å²) in [5.41, 5.74) is 1.61. The van der Waals surface area contributed by atoms with Crippen LogP contribution in [0, 0.1) is 0 Å². The van der Waals surface area contributed by atoms with Crippen LogP contribution in [0.25, 0.3) is 21.9 Å². The number of pyridine rings is 2. The molecule has 21 heavy (non-hydrogen) atoms. The molecule has 104 valence electrons. The van der Waals surface area contributed by atoms with E-state index in [9.17, 15) is 9.59 Å². The first kappa shape index (κ1) is 12.0. The van der Waals surface area contributed by atoms with Crippen molar-refractivity contribution in [3.05, 3.63) is 36.8 Å². The van der Waals surface area contributed by atoms with Crippen molar-refractivity contribution in [2.75, 3.05) is 0 Å². The number of carbonyl (C=O) groups excluding carboxylic acids is 2. The zero-order chi connectivity index (χ0) is 14.4. The lowest BCUT2D eigenvalue weighted by molar-refractivity contribution is -0.135. The minimum Gasteiger partial charge on any atom is -0.311 e. The molecule has 1 fully saturated rings. The Labute approximate surface area is 119 Å². The van der Waals surface area contributed by atoms with Gasteiger partial charge in [0.1, 0.15) is 11.7 Å². The van der Waals surface area contributed by atoms with Crippen LogP contribution in [0.5, 0.6) is 0 Å². The molecule has 1 atom stereocenters. The standard InChI is InChI=1S/C15H12N4O2/c20-13-4-3-11(15(21)18-13)19-12-8-16-7-5-9(12)10-2-1-6-17-14(10)19/h1-2,5-8,11H,3-4H2,(H,18,20,21). The molecule has 0 saturated carbocycles. The van der Waals surface area contributed by atoms with Gasteiger partial charge in [0.2, 0.25) is 11.8 Å². The fourth-order valence-electron chi connectivity index (χ4n) is 2.96. The molecule has 2 amide bonds. The second-order valence-corrected chi connectivity index (χ2v) is 5.10. The summed E-state index contributed by atoms with van der Waals surface area (Å²) in [7, 11) is 0. The van der Waals surface area contributed by atoms with Crippen molar-refractivity contribution in [1.29, 1.82) is 0 Å². The number of rotatable bonds is 1. The smallest absolute Gasteiger partial charge is 0.249 e. The Morgan fingerprint density at radius 2 is 2.10 bits per heavy atom. The van der Waals surface area contributed by atoms with Gasteiger partial charge in [-0.15, -0.1) is 0 Å². The highest BCUT2D eigenvalue weighted by atomic mass is 16.2. The molecule has 0 spiro atoms. The largest absolute Gasteiger partial charge is 0.311 e. The Balaban J connectivity index is 2.02. The van der Waals surface area contributed by atoms with Crippen molar-refractivity contribution in [2.45, 2.75) is 18.9 Å². The van der Waals surface area contributed by atoms with Crippen molar-refractivity contribution in [3.63, 3.8) is 0 Å². The van der Waals surface area contributed by atoms with Gasteiger partial charge in [0, 0.05) is 29.6 Å². The quantitative estimate of drug-likeness (QED) is 0.686. The molecule has 1 saturated heterocycles. The molecular weight excluding hydrogens is 268 g/mol. The third-order valence-electron chi connectivity index (χ3n) is 3.89. The normalized spacial score (nSPS) is 19.1. The lowest BCUT2D eigenvalue weighted by Gasteiger charge is -2.23. The predicted octanol–water partition coefficient (Wildman–Crippen LogP) is 1.56. The van der Waals surface area contributed by atoms with Crippen LogP contribution in [0.15, 0.2) is 36.8 Å². The molecular formula is C15H12N4O2. The van der Waals surface area contributed by atoms with Gasteiger partial charge in [-0.2, -0.15) is 0 Å². The van der Waals surface area contributed by atoms with Crippen molar-refractivity contribution in [3.8, 4) is 0 Å². The number of aromatic nitrogens is 3. The van der Waals surface area contributed by atoms with Crippen molar-refractivity contribution in [1.82, 2.24) is 19.9 Å². The van der Waals surface area contributed by atoms with Crippen LogP contribution in [-0.2, 0) is 9.59 Å². The molecule has 1 N–H and O–H groups in total. The average Bonchev–Trinajstić information content (AvgIpc) is 2.82. The molecule has 3 aromatic heterocycles. The fraction of sp³-hybridized carbons (Fsp3) is 0.200. The topological polar surface area (TPSA) is 76.9 Å². The highest BCUT2D eigenvalue weighted by molar-refractivity contribution is 6.08. The summed E-state index contributed by atoms with van der Waals surface area (Å²) in [5, 5.41) is 4.40. The fourth-order valence-corrected chi connectivity index (χ4v) is 2.96. The third kappa shape index (κ3) is 1.72. The second kappa shape index (κ2) is 4.37. The van der Waals surface area contributed by atoms with E-state index in [-0.39, 0.29) is 11.8 Å². The van der Waals surface area contributed by atoms with Gasteiger partial charge in [-0.05, 0) is 24.6 Å². The van der Waals surface area contributed by atoms with Crippen LogP contribution in [-0.4, -0.2) is 26.3 Å². The lowest BCUT2D eigenvalue weighted by Crippen LogP contribution is -2.41. The Kier molecular flexibility index (Phi) is 2.50. The maximum atomic E-state index is 12.2. The molecule has 4 heterocycles. The van der Waals surface area contributed by atoms with Gasteiger partial charge in [-0.1, -0.05) is 0 Å². The zero-order valence-electron chi connectivity index (χ0n) is 11.1. The number of amides is 2. The summed E-state index contributed by atoms with van der Waals surface area (Å²) in [6.45, 7) is 0. The van der Waals surface area contributed by atoms with Crippen LogP contribution >= 0.6 is 0 Å². The number of carbonyl (C=O) groups is 2. The number of nitrogens with zero attached hydrogens (tertiary/aromatic N) is 3. The molecule has 0 radical (unpaired) electrons. The van der Waals surface area contributed by atoms with Crippen molar-refractivity contribution >= 4 is 33.8 Å². The van der Waals surface area contributed by atoms with Crippen LogP contribution in [0.3, 0.4) is 0 Å². The van der Waals surface area contributed by atoms with E-state index in [1.54, 1.807) is 18.6 Å². The molecule has 6 nitrogen and oxygen atoms in total. The van der Waals surface area contributed by atoms with Gasteiger partial charge in [0.25, 0.3) is 0 Å². The van der Waals surface area contributed by atoms with E-state index in [0.29, 0.717) is 12.8 Å². The van der Waals surface area contributed by atoms with Crippen molar-refractivity contribution < 1.29 is 9.59 Å². The lowest BCUT2D eigenvalue weighted by atomic mass is 10.1. The van der Waals surface area contributed by atoms with Crippen LogP contribution in [0.1, 0.15) is 18.9 Å². The van der Waals surface area contributed by atoms with Gasteiger partial charge in [-0.25, -0.2) is 4.98 Å². The minimum absolute atomic E-state index is 0.219. The second-order valence-electron chi connectivity index (χ2n) is 5.10. The monoisotopic (exact) mass is 280 g/mol. The van der Waals surface area contributed by atoms with E-state index >= 15 is 0 Å². The Morgan fingerprint density at radius 1 is 1.19 bits per heavy atom. The van der Waals surface area contributed by atoms with Crippen LogP contribution < -0.4 is 5.32 Å². The summed E-state index contributed by atoms with van der Waals surface area (Å²) in [4.78, 5) is 32.1. The van der Waals surface area contributed by atoms with Crippen LogP contribution in [0.2, 0.25) is 0 Å². The number of hydrogen-bond donors (Lipinski definition) is 1. The molecule has 0 aromatic carbocycles. The summed E-state index contributed by atoms with van der Waals surface area (Å²) in [6, 6.07) is 5.34. The first-order chi connectivity index (χ1) is 10.3. The molecule has 1 unspecified atom stereocenters. The summed E-state index contributed by atoms with van der Waals surface area (Å²) < 4.78 is 1.89. The number of nitrogens with one attached hydrogen (secondary N) is 1. The molecule has 1 aliphatic rings. The Bertz CT molecular complexity index is 830. The first-order valence-corrected chi connectivity index (χ1v) is 6.78. The van der Waals surface area contributed by atoms with E-state index in [4.69, 9.17) is 0 Å². The van der Waals surface area contributed by atoms with E-state index in [0.717, 1.165) is 21.9 Å². The molecule has 0 aliphatic carbocycles. The number of piperidine rings is 1.